The van der Waals surface area contributed by atoms with Crippen molar-refractivity contribution in [3.05, 3.63) is 18.5 Å². The van der Waals surface area contributed by atoms with Gasteiger partial charge in [-0.3, -0.25) is 4.68 Å². The largest absolute Gasteiger partial charge is 0.383 e. The van der Waals surface area contributed by atoms with Crippen LogP contribution in [0, 0.1) is 0 Å². The van der Waals surface area contributed by atoms with E-state index in [1.165, 1.54) is 51.4 Å². The van der Waals surface area contributed by atoms with E-state index in [0.717, 1.165) is 17.4 Å². The van der Waals surface area contributed by atoms with Gasteiger partial charge in [0.25, 0.3) is 0 Å². The molecule has 0 aliphatic rings. The van der Waals surface area contributed by atoms with Crippen molar-refractivity contribution in [2.24, 2.45) is 0 Å². The molecule has 2 heterocycles. The maximum atomic E-state index is 5.84. The minimum atomic E-state index is 0.574. The van der Waals surface area contributed by atoms with E-state index in [0.29, 0.717) is 5.82 Å². The number of hydrogen-bond acceptors (Lipinski definition) is 3. The van der Waals surface area contributed by atoms with Gasteiger partial charge in [0.15, 0.2) is 0 Å². The Morgan fingerprint density at radius 3 is 2.45 bits per heavy atom. The predicted molar refractivity (Wildman–Crippen MR) is 84.6 cm³/mol. The molecule has 2 rings (SSSR count). The smallest absolute Gasteiger partial charge is 0.134 e. The predicted octanol–water partition coefficient (Wildman–Crippen LogP) is 4.15. The van der Waals surface area contributed by atoms with Crippen molar-refractivity contribution in [3.8, 4) is 0 Å². The number of anilines is 1. The third-order valence-electron chi connectivity index (χ3n) is 3.75. The molecule has 0 aliphatic carbocycles. The van der Waals surface area contributed by atoms with Crippen LogP contribution >= 0.6 is 0 Å². The first kappa shape index (κ1) is 14.8. The lowest BCUT2D eigenvalue weighted by Crippen LogP contribution is -1.98. The zero-order valence-corrected chi connectivity index (χ0v) is 12.5. The molecule has 4 heteroatoms. The molecule has 0 aliphatic heterocycles. The van der Waals surface area contributed by atoms with Gasteiger partial charge in [0.05, 0.1) is 10.9 Å². The minimum absolute atomic E-state index is 0.574. The second-order valence-electron chi connectivity index (χ2n) is 5.50. The third kappa shape index (κ3) is 4.22. The van der Waals surface area contributed by atoms with E-state index >= 15 is 0 Å². The van der Waals surface area contributed by atoms with E-state index in [1.807, 2.05) is 16.9 Å². The lowest BCUT2D eigenvalue weighted by molar-refractivity contribution is 0.522. The molecule has 2 N–H and O–H groups in total. The fourth-order valence-electron chi connectivity index (χ4n) is 2.54. The first-order valence-corrected chi connectivity index (χ1v) is 7.89. The Morgan fingerprint density at radius 2 is 1.75 bits per heavy atom. The van der Waals surface area contributed by atoms with E-state index in [-0.39, 0.29) is 0 Å². The number of fused-ring (bicyclic) bond motifs is 1. The van der Waals surface area contributed by atoms with Crippen molar-refractivity contribution in [1.82, 2.24) is 14.8 Å². The minimum Gasteiger partial charge on any atom is -0.383 e. The van der Waals surface area contributed by atoms with Gasteiger partial charge in [0, 0.05) is 18.9 Å². The highest BCUT2D eigenvalue weighted by Crippen LogP contribution is 2.17. The molecular weight excluding hydrogens is 248 g/mol. The van der Waals surface area contributed by atoms with Crippen LogP contribution in [0.25, 0.3) is 10.9 Å². The maximum absolute atomic E-state index is 5.84. The summed E-state index contributed by atoms with van der Waals surface area (Å²) in [6.07, 6.45) is 14.4. The van der Waals surface area contributed by atoms with Crippen molar-refractivity contribution in [1.29, 1.82) is 0 Å². The summed E-state index contributed by atoms with van der Waals surface area (Å²) in [5.74, 6) is 0.574. The number of hydrogen-bond donors (Lipinski definition) is 1. The van der Waals surface area contributed by atoms with Crippen molar-refractivity contribution in [2.75, 3.05) is 5.73 Å². The Bertz CT molecular complexity index is 518. The normalized spacial score (nSPS) is 11.2. The Balaban J connectivity index is 1.67. The van der Waals surface area contributed by atoms with E-state index in [2.05, 4.69) is 17.0 Å². The molecule has 0 unspecified atom stereocenters. The number of rotatable bonds is 9. The van der Waals surface area contributed by atoms with E-state index in [4.69, 9.17) is 5.73 Å². The third-order valence-corrected chi connectivity index (χ3v) is 3.75. The van der Waals surface area contributed by atoms with E-state index < -0.39 is 0 Å². The van der Waals surface area contributed by atoms with Crippen molar-refractivity contribution < 1.29 is 0 Å². The number of unbranched alkanes of at least 4 members (excludes halogenated alkanes) is 7. The zero-order chi connectivity index (χ0) is 14.2. The molecule has 110 valence electrons. The number of nitrogens with zero attached hydrogens (tertiary/aromatic N) is 3. The van der Waals surface area contributed by atoms with Gasteiger partial charge in [-0.2, -0.15) is 5.10 Å². The van der Waals surface area contributed by atoms with Gasteiger partial charge < -0.3 is 5.73 Å². The van der Waals surface area contributed by atoms with Crippen LogP contribution in [0.3, 0.4) is 0 Å². The summed E-state index contributed by atoms with van der Waals surface area (Å²) in [6, 6.07) is 1.91. The summed E-state index contributed by atoms with van der Waals surface area (Å²) in [5, 5.41) is 5.49. The van der Waals surface area contributed by atoms with Crippen molar-refractivity contribution in [2.45, 2.75) is 64.8 Å². The SMILES string of the molecule is CCCCCCCCCCn1cc2c(N)nccc2n1. The summed E-state index contributed by atoms with van der Waals surface area (Å²) in [5.41, 5.74) is 6.78. The van der Waals surface area contributed by atoms with Gasteiger partial charge in [0.2, 0.25) is 0 Å². The molecule has 0 radical (unpaired) electrons. The lowest BCUT2D eigenvalue weighted by atomic mass is 10.1. The van der Waals surface area contributed by atoms with Gasteiger partial charge >= 0.3 is 0 Å². The fourth-order valence-corrected chi connectivity index (χ4v) is 2.54. The summed E-state index contributed by atoms with van der Waals surface area (Å²) < 4.78 is 2.00. The average Bonchev–Trinajstić information content (AvgIpc) is 2.86. The fraction of sp³-hybridized carbons (Fsp3) is 0.625. The second kappa shape index (κ2) is 7.88. The van der Waals surface area contributed by atoms with E-state index in [1.54, 1.807) is 6.20 Å². The van der Waals surface area contributed by atoms with Crippen LogP contribution in [0.2, 0.25) is 0 Å². The molecule has 0 aromatic carbocycles. The summed E-state index contributed by atoms with van der Waals surface area (Å²) >= 11 is 0. The van der Waals surface area contributed by atoms with Crippen LogP contribution in [-0.4, -0.2) is 14.8 Å². The molecule has 20 heavy (non-hydrogen) atoms. The molecule has 4 nitrogen and oxygen atoms in total. The van der Waals surface area contributed by atoms with Gasteiger partial charge in [-0.1, -0.05) is 51.9 Å². The summed E-state index contributed by atoms with van der Waals surface area (Å²) in [7, 11) is 0. The van der Waals surface area contributed by atoms with Crippen LogP contribution < -0.4 is 5.73 Å². The molecule has 0 bridgehead atoms. The molecular formula is C16H26N4. The Kier molecular flexibility index (Phi) is 5.84. The highest BCUT2D eigenvalue weighted by atomic mass is 15.3. The maximum Gasteiger partial charge on any atom is 0.134 e. The first-order chi connectivity index (χ1) is 9.81. The monoisotopic (exact) mass is 274 g/mol. The number of aryl methyl sites for hydroxylation is 1. The second-order valence-corrected chi connectivity index (χ2v) is 5.50. The van der Waals surface area contributed by atoms with Gasteiger partial charge in [0.1, 0.15) is 5.82 Å². The topological polar surface area (TPSA) is 56.7 Å². The average molecular weight is 274 g/mol. The summed E-state index contributed by atoms with van der Waals surface area (Å²) in [6.45, 7) is 3.24. The Morgan fingerprint density at radius 1 is 1.05 bits per heavy atom. The van der Waals surface area contributed by atoms with Crippen molar-refractivity contribution >= 4 is 16.7 Å². The Hall–Kier alpha value is -1.58. The number of nitrogen functional groups attached to an aromatic ring is 1. The van der Waals surface area contributed by atoms with Crippen LogP contribution in [0.4, 0.5) is 5.82 Å². The molecule has 0 saturated heterocycles. The standard InChI is InChI=1S/C16H26N4/c1-2-3-4-5-6-7-8-9-12-20-13-14-15(19-20)10-11-18-16(14)17/h10-11,13H,2-9,12H2,1H3,(H2,17,18). The van der Waals surface area contributed by atoms with Gasteiger partial charge in [-0.25, -0.2) is 4.98 Å². The molecule has 0 saturated carbocycles. The number of pyridine rings is 1. The first-order valence-electron chi connectivity index (χ1n) is 7.89. The summed E-state index contributed by atoms with van der Waals surface area (Å²) in [4.78, 5) is 4.09. The van der Waals surface area contributed by atoms with Crippen LogP contribution in [0.5, 0.6) is 0 Å². The van der Waals surface area contributed by atoms with Gasteiger partial charge in [-0.05, 0) is 12.5 Å². The van der Waals surface area contributed by atoms with Gasteiger partial charge in [-0.15, -0.1) is 0 Å². The number of nitrogens with two attached hydrogens (primary N) is 1. The molecule has 0 atom stereocenters. The molecule has 0 fully saturated rings. The Labute approximate surface area is 121 Å². The highest BCUT2D eigenvalue weighted by Gasteiger charge is 2.03. The lowest BCUT2D eigenvalue weighted by Gasteiger charge is -2.02. The molecule has 0 spiro atoms. The van der Waals surface area contributed by atoms with Crippen molar-refractivity contribution in [3.63, 3.8) is 0 Å². The van der Waals surface area contributed by atoms with E-state index in [9.17, 15) is 0 Å². The van der Waals surface area contributed by atoms with Crippen LogP contribution in [0.1, 0.15) is 58.3 Å². The molecule has 0 amide bonds. The number of aromatic nitrogens is 3. The molecule has 2 aromatic heterocycles. The van der Waals surface area contributed by atoms with Crippen LogP contribution in [0.15, 0.2) is 18.5 Å². The highest BCUT2D eigenvalue weighted by molar-refractivity contribution is 5.87. The molecule has 2 aromatic rings. The quantitative estimate of drug-likeness (QED) is 0.699. The zero-order valence-electron chi connectivity index (χ0n) is 12.5. The van der Waals surface area contributed by atoms with Crippen LogP contribution in [-0.2, 0) is 6.54 Å².